The first kappa shape index (κ1) is 62.3. The van der Waals surface area contributed by atoms with Gasteiger partial charge in [0.15, 0.2) is 0 Å². The molecule has 3 atom stereocenters. The first-order valence-electron chi connectivity index (χ1n) is 24.8. The Hall–Kier alpha value is -6.24. The maximum absolute atomic E-state index is 15.3. The van der Waals surface area contributed by atoms with Crippen molar-refractivity contribution in [3.63, 3.8) is 0 Å². The quantitative estimate of drug-likeness (QED) is 0.0259. The molecule has 2 heterocycles. The van der Waals surface area contributed by atoms with Gasteiger partial charge in [-0.25, -0.2) is 18.4 Å². The van der Waals surface area contributed by atoms with Crippen molar-refractivity contribution in [2.24, 2.45) is 5.41 Å². The lowest BCUT2D eigenvalue weighted by atomic mass is 9.83. The summed E-state index contributed by atoms with van der Waals surface area (Å²) in [4.78, 5) is 90.0. The Balaban J connectivity index is 1.28. The van der Waals surface area contributed by atoms with Crippen LogP contribution in [0.4, 0.5) is 13.6 Å². The predicted octanol–water partition coefficient (Wildman–Crippen LogP) is 5.04. The van der Waals surface area contributed by atoms with Gasteiger partial charge in [0.1, 0.15) is 30.3 Å². The largest absolute Gasteiger partial charge is 0.480 e. The second-order valence-corrected chi connectivity index (χ2v) is 20.5. The number of carboxylic acid groups (broad SMARTS) is 1. The van der Waals surface area contributed by atoms with Gasteiger partial charge in [-0.1, -0.05) is 70.3 Å². The van der Waals surface area contributed by atoms with Gasteiger partial charge in [0.2, 0.25) is 17.7 Å². The number of hydrogen-bond acceptors (Lipinski definition) is 13. The van der Waals surface area contributed by atoms with Gasteiger partial charge in [0.05, 0.1) is 64.6 Å². The zero-order valence-electron chi connectivity index (χ0n) is 43.5. The first-order chi connectivity index (χ1) is 36.4. The SMILES string of the molecule is C=CC(C[Si]C)OC(=O)NCCCN(C(=O)CSC[C@H](NC(=O)CCOCCOCCOCCOCCNC(=O)CN1C(=O)C=CC1=O)C(=O)O)[C@@H](c1cc(-c2cc(F)ccc2F)cn1Cc1ccccc1)C(C)(C)C. The molecular formula is C53H70F2N6O13SSi. The molecule has 4 rings (SSSR count). The van der Waals surface area contributed by atoms with Crippen LogP contribution < -0.4 is 16.0 Å². The zero-order valence-corrected chi connectivity index (χ0v) is 45.3. The van der Waals surface area contributed by atoms with Crippen molar-refractivity contribution in [3.05, 3.63) is 108 Å². The summed E-state index contributed by atoms with van der Waals surface area (Å²) in [6.45, 7) is 13.7. The Labute approximate surface area is 449 Å². The Bertz CT molecular complexity index is 2410. The molecule has 414 valence electrons. The maximum atomic E-state index is 15.3. The smallest absolute Gasteiger partial charge is 0.407 e. The number of nitrogens with zero attached hydrogens (tertiary/aromatic N) is 3. The molecule has 2 radical (unpaired) electrons. The Kier molecular flexibility index (Phi) is 27.1. The third-order valence-electron chi connectivity index (χ3n) is 11.4. The van der Waals surface area contributed by atoms with E-state index in [1.54, 1.807) is 23.2 Å². The number of aliphatic carboxylic acids is 1. The fourth-order valence-corrected chi connectivity index (χ4v) is 9.34. The van der Waals surface area contributed by atoms with Crippen LogP contribution in [0.3, 0.4) is 0 Å². The van der Waals surface area contributed by atoms with Crippen molar-refractivity contribution in [1.82, 2.24) is 30.3 Å². The molecule has 0 fully saturated rings. The number of carbonyl (C=O) groups is 7. The predicted molar refractivity (Wildman–Crippen MR) is 282 cm³/mol. The molecule has 0 spiro atoms. The number of hydrogen-bond donors (Lipinski definition) is 4. The van der Waals surface area contributed by atoms with Crippen molar-refractivity contribution in [2.75, 3.05) is 90.5 Å². The highest BCUT2D eigenvalue weighted by Crippen LogP contribution is 2.41. The van der Waals surface area contributed by atoms with Crippen LogP contribution >= 0.6 is 11.8 Å². The molecule has 1 unspecified atom stereocenters. The van der Waals surface area contributed by atoms with Crippen LogP contribution in [-0.4, -0.2) is 173 Å². The standard InChI is InChI=1S/C53H70F2N6O13SSi/c1-6-40(36-76-5)74-52(69)57-18-10-20-60(50(53(2,3)4)44-29-38(41-30-39(54)13-14-42(41)55)32-59(44)31-37-11-8-7-9-12-37)49(66)35-75-34-43(51(67)68)58-45(62)17-21-70-23-25-72-27-28-73-26-24-71-22-19-56-46(63)33-61-47(64)15-16-48(61)65/h6-9,11-16,29-30,32,40,43,50H,1,10,17-28,31,33-36H2,2-5H3,(H,56,63)(H,57,69)(H,58,62)(H,67,68)/t40?,43-,50-/m0/s1. The maximum Gasteiger partial charge on any atom is 0.407 e. The number of benzene rings is 2. The number of amides is 6. The molecule has 0 saturated heterocycles. The molecule has 19 nitrogen and oxygen atoms in total. The number of rotatable bonds is 36. The lowest BCUT2D eigenvalue weighted by Gasteiger charge is -2.41. The lowest BCUT2D eigenvalue weighted by Crippen LogP contribution is -2.45. The van der Waals surface area contributed by atoms with Crippen LogP contribution in [0.5, 0.6) is 0 Å². The van der Waals surface area contributed by atoms with Gasteiger partial charge in [0.25, 0.3) is 11.8 Å². The second-order valence-electron chi connectivity index (χ2n) is 18.4. The van der Waals surface area contributed by atoms with Crippen molar-refractivity contribution in [2.45, 2.75) is 70.9 Å². The number of aromatic nitrogens is 1. The number of carboxylic acids is 1. The normalized spacial score (nSPS) is 13.5. The summed E-state index contributed by atoms with van der Waals surface area (Å²) in [7, 11) is 0.545. The number of imide groups is 1. The number of carbonyl (C=O) groups excluding carboxylic acids is 6. The van der Waals surface area contributed by atoms with Gasteiger partial charge < -0.3 is 54.2 Å². The van der Waals surface area contributed by atoms with E-state index < -0.39 is 70.9 Å². The Morgan fingerprint density at radius 2 is 1.50 bits per heavy atom. The molecule has 76 heavy (non-hydrogen) atoms. The van der Waals surface area contributed by atoms with E-state index in [0.29, 0.717) is 39.8 Å². The monoisotopic (exact) mass is 1100 g/mol. The summed E-state index contributed by atoms with van der Waals surface area (Å²) < 4.78 is 59.1. The zero-order chi connectivity index (χ0) is 55.5. The fraction of sp³-hybridized carbons (Fsp3) is 0.491. The topological polar surface area (TPSA) is 233 Å². The molecule has 0 aliphatic carbocycles. The molecule has 0 bridgehead atoms. The number of thioether (sulfide) groups is 1. The highest BCUT2D eigenvalue weighted by atomic mass is 32.2. The van der Waals surface area contributed by atoms with Crippen LogP contribution in [0.15, 0.2) is 85.6 Å². The van der Waals surface area contributed by atoms with Crippen LogP contribution in [0.2, 0.25) is 12.6 Å². The highest BCUT2D eigenvalue weighted by molar-refractivity contribution is 8.00. The molecule has 23 heteroatoms. The molecule has 2 aromatic carbocycles. The molecule has 3 aromatic rings. The minimum atomic E-state index is -1.33. The summed E-state index contributed by atoms with van der Waals surface area (Å²) in [5.41, 5.74) is 1.35. The fourth-order valence-electron chi connectivity index (χ4n) is 7.77. The summed E-state index contributed by atoms with van der Waals surface area (Å²) in [5, 5.41) is 17.9. The van der Waals surface area contributed by atoms with E-state index in [1.165, 1.54) is 0 Å². The van der Waals surface area contributed by atoms with E-state index >= 15 is 4.39 Å². The van der Waals surface area contributed by atoms with Gasteiger partial charge in [-0.05, 0) is 47.7 Å². The average molecular weight is 1100 g/mol. The minimum absolute atomic E-state index is 0.00362. The second kappa shape index (κ2) is 33.0. The van der Waals surface area contributed by atoms with Gasteiger partial charge in [0, 0.05) is 83.0 Å². The summed E-state index contributed by atoms with van der Waals surface area (Å²) in [5.74, 6) is -5.32. The lowest BCUT2D eigenvalue weighted by molar-refractivity contribution is -0.141. The summed E-state index contributed by atoms with van der Waals surface area (Å²) >= 11 is 1.03. The number of halogens is 2. The van der Waals surface area contributed by atoms with Crippen molar-refractivity contribution in [3.8, 4) is 11.1 Å². The van der Waals surface area contributed by atoms with Gasteiger partial charge in [-0.15, -0.1) is 11.8 Å². The number of nitrogens with one attached hydrogen (secondary N) is 3. The van der Waals surface area contributed by atoms with Crippen molar-refractivity contribution in [1.29, 1.82) is 0 Å². The molecule has 1 aliphatic heterocycles. The Morgan fingerprint density at radius 1 is 0.855 bits per heavy atom. The van der Waals surface area contributed by atoms with E-state index in [-0.39, 0.29) is 108 Å². The molecule has 0 saturated carbocycles. The van der Waals surface area contributed by atoms with E-state index in [2.05, 4.69) is 22.5 Å². The first-order valence-corrected chi connectivity index (χ1v) is 27.7. The molecule has 1 aliphatic rings. The molecular weight excluding hydrogens is 1030 g/mol. The van der Waals surface area contributed by atoms with Crippen molar-refractivity contribution < 1.29 is 71.1 Å². The van der Waals surface area contributed by atoms with Gasteiger partial charge in [-0.2, -0.15) is 0 Å². The summed E-state index contributed by atoms with van der Waals surface area (Å²) in [6.07, 6.45) is 4.61. The van der Waals surface area contributed by atoms with E-state index in [4.69, 9.17) is 23.7 Å². The van der Waals surface area contributed by atoms with Crippen LogP contribution in [0, 0.1) is 17.0 Å². The van der Waals surface area contributed by atoms with Gasteiger partial charge >= 0.3 is 12.1 Å². The molecule has 6 amide bonds. The van der Waals surface area contributed by atoms with Crippen LogP contribution in [0.1, 0.15) is 50.9 Å². The van der Waals surface area contributed by atoms with E-state index in [1.807, 2.05) is 62.2 Å². The Morgan fingerprint density at radius 3 is 2.12 bits per heavy atom. The van der Waals surface area contributed by atoms with Gasteiger partial charge in [-0.3, -0.25) is 28.9 Å². The number of ether oxygens (including phenoxy) is 5. The molecule has 4 N–H and O–H groups in total. The number of alkyl carbamates (subject to hydrolysis) is 1. The molecule has 1 aromatic heterocycles. The third kappa shape index (κ3) is 21.8. The van der Waals surface area contributed by atoms with E-state index in [0.717, 1.165) is 52.6 Å². The van der Waals surface area contributed by atoms with Crippen LogP contribution in [0.25, 0.3) is 11.1 Å². The highest BCUT2D eigenvalue weighted by Gasteiger charge is 2.37. The van der Waals surface area contributed by atoms with E-state index in [9.17, 15) is 43.1 Å². The van der Waals surface area contributed by atoms with Crippen molar-refractivity contribution >= 4 is 62.9 Å². The van der Waals surface area contributed by atoms with Crippen LogP contribution in [-0.2, 0) is 59.0 Å². The minimum Gasteiger partial charge on any atom is -0.480 e. The average Bonchev–Trinajstić information content (AvgIpc) is 3.93. The summed E-state index contributed by atoms with van der Waals surface area (Å²) in [6, 6.07) is 13.2. The third-order valence-corrected chi connectivity index (χ3v) is 13.2.